The first-order valence-electron chi connectivity index (χ1n) is 11.6. The number of benzene rings is 2. The van der Waals surface area contributed by atoms with Crippen molar-refractivity contribution >= 4 is 23.9 Å². The molecule has 186 valence electrons. The van der Waals surface area contributed by atoms with Crippen LogP contribution in [0.1, 0.15) is 45.7 Å². The van der Waals surface area contributed by atoms with Gasteiger partial charge in [-0.3, -0.25) is 4.79 Å². The Morgan fingerprint density at radius 3 is 2.31 bits per heavy atom. The molecule has 0 radical (unpaired) electrons. The van der Waals surface area contributed by atoms with E-state index in [0.717, 1.165) is 0 Å². The molecule has 1 amide bonds. The summed E-state index contributed by atoms with van der Waals surface area (Å²) in [6.45, 7) is 10.1. The molecule has 8 nitrogen and oxygen atoms in total. The van der Waals surface area contributed by atoms with Crippen molar-refractivity contribution in [1.29, 1.82) is 0 Å². The summed E-state index contributed by atoms with van der Waals surface area (Å²) in [5, 5.41) is 0. The van der Waals surface area contributed by atoms with Crippen molar-refractivity contribution in [1.82, 2.24) is 4.90 Å². The van der Waals surface area contributed by atoms with E-state index in [1.54, 1.807) is 60.6 Å². The molecule has 1 aliphatic rings. The lowest BCUT2D eigenvalue weighted by Crippen LogP contribution is -2.44. The number of ether oxygens (including phenoxy) is 4. The van der Waals surface area contributed by atoms with Crippen LogP contribution in [-0.4, -0.2) is 55.1 Å². The van der Waals surface area contributed by atoms with E-state index < -0.39 is 5.97 Å². The van der Waals surface area contributed by atoms with Crippen LogP contribution in [0.2, 0.25) is 0 Å². The number of carbonyl (C=O) groups is 2. The molecule has 0 fully saturated rings. The standard InChI is InChI=1S/C27H32N2O6/c1-7-33-24-15-19(8-13-23(24)34-16-25(30)29(17(2)3)18(4)5)14-22-27(31)35-26(28-22)20-9-11-21(32-6)12-10-20/h8-15,17-18H,7,16H2,1-6H3. The van der Waals surface area contributed by atoms with Gasteiger partial charge in [-0.2, -0.15) is 0 Å². The van der Waals surface area contributed by atoms with E-state index in [2.05, 4.69) is 4.99 Å². The number of amides is 1. The zero-order chi connectivity index (χ0) is 25.5. The molecule has 0 bridgehead atoms. The molecule has 0 unspecified atom stereocenters. The highest BCUT2D eigenvalue weighted by molar-refractivity contribution is 6.12. The first kappa shape index (κ1) is 25.8. The fourth-order valence-corrected chi connectivity index (χ4v) is 3.81. The van der Waals surface area contributed by atoms with E-state index in [0.29, 0.717) is 35.0 Å². The Hall–Kier alpha value is -3.81. The molecule has 0 spiro atoms. The molecule has 0 aromatic heterocycles. The lowest BCUT2D eigenvalue weighted by atomic mass is 10.1. The van der Waals surface area contributed by atoms with Crippen LogP contribution in [0.25, 0.3) is 6.08 Å². The van der Waals surface area contributed by atoms with Gasteiger partial charge < -0.3 is 23.8 Å². The SMILES string of the molecule is CCOc1cc(C=C2N=C(c3ccc(OC)cc3)OC2=O)ccc1OCC(=O)N(C(C)C)C(C)C. The molecule has 0 saturated carbocycles. The van der Waals surface area contributed by atoms with E-state index in [1.807, 2.05) is 34.6 Å². The van der Waals surface area contributed by atoms with Gasteiger partial charge in [0.2, 0.25) is 5.90 Å². The Kier molecular flexibility index (Phi) is 8.52. The number of esters is 1. The molecular formula is C27H32N2O6. The summed E-state index contributed by atoms with van der Waals surface area (Å²) < 4.78 is 22.0. The molecule has 35 heavy (non-hydrogen) atoms. The number of cyclic esters (lactones) is 1. The van der Waals surface area contributed by atoms with Crippen LogP contribution < -0.4 is 14.2 Å². The minimum atomic E-state index is -0.540. The topological polar surface area (TPSA) is 86.7 Å². The Bertz CT molecular complexity index is 1110. The third-order valence-corrected chi connectivity index (χ3v) is 5.28. The maximum atomic E-state index is 12.7. The predicted octanol–water partition coefficient (Wildman–Crippen LogP) is 4.46. The minimum Gasteiger partial charge on any atom is -0.497 e. The first-order chi connectivity index (χ1) is 16.7. The molecule has 8 heteroatoms. The molecule has 1 aliphatic heterocycles. The van der Waals surface area contributed by atoms with E-state index in [4.69, 9.17) is 18.9 Å². The van der Waals surface area contributed by atoms with Gasteiger partial charge in [0.15, 0.2) is 23.8 Å². The fourth-order valence-electron chi connectivity index (χ4n) is 3.81. The monoisotopic (exact) mass is 480 g/mol. The lowest BCUT2D eigenvalue weighted by Gasteiger charge is -2.30. The highest BCUT2D eigenvalue weighted by Gasteiger charge is 2.25. The number of nitrogens with zero attached hydrogens (tertiary/aromatic N) is 2. The molecule has 2 aromatic rings. The average molecular weight is 481 g/mol. The second-order valence-electron chi connectivity index (χ2n) is 8.48. The Morgan fingerprint density at radius 2 is 1.71 bits per heavy atom. The van der Waals surface area contributed by atoms with Crippen molar-refractivity contribution in [2.24, 2.45) is 4.99 Å². The smallest absolute Gasteiger partial charge is 0.363 e. The summed E-state index contributed by atoms with van der Waals surface area (Å²) in [4.78, 5) is 31.2. The van der Waals surface area contributed by atoms with Crippen LogP contribution >= 0.6 is 0 Å². The van der Waals surface area contributed by atoms with Gasteiger partial charge in [-0.1, -0.05) is 6.07 Å². The molecule has 2 aromatic carbocycles. The number of rotatable bonds is 10. The molecule has 3 rings (SSSR count). The maximum absolute atomic E-state index is 12.7. The normalized spacial score (nSPS) is 14.2. The zero-order valence-electron chi connectivity index (χ0n) is 21.0. The Balaban J connectivity index is 1.79. The number of methoxy groups -OCH3 is 1. The van der Waals surface area contributed by atoms with Crippen molar-refractivity contribution < 1.29 is 28.5 Å². The van der Waals surface area contributed by atoms with Crippen LogP contribution in [0, 0.1) is 0 Å². The van der Waals surface area contributed by atoms with Crippen molar-refractivity contribution in [3.63, 3.8) is 0 Å². The van der Waals surface area contributed by atoms with Gasteiger partial charge >= 0.3 is 5.97 Å². The van der Waals surface area contributed by atoms with Crippen LogP contribution in [-0.2, 0) is 14.3 Å². The van der Waals surface area contributed by atoms with Crippen molar-refractivity contribution in [3.05, 3.63) is 59.3 Å². The predicted molar refractivity (Wildman–Crippen MR) is 134 cm³/mol. The average Bonchev–Trinajstić information content (AvgIpc) is 3.18. The largest absolute Gasteiger partial charge is 0.497 e. The molecule has 1 heterocycles. The summed E-state index contributed by atoms with van der Waals surface area (Å²) >= 11 is 0. The highest BCUT2D eigenvalue weighted by Crippen LogP contribution is 2.30. The zero-order valence-corrected chi connectivity index (χ0v) is 21.0. The summed E-state index contributed by atoms with van der Waals surface area (Å²) in [6, 6.07) is 12.5. The maximum Gasteiger partial charge on any atom is 0.363 e. The lowest BCUT2D eigenvalue weighted by molar-refractivity contribution is -0.137. The van der Waals surface area contributed by atoms with Crippen molar-refractivity contribution in [2.45, 2.75) is 46.7 Å². The molecular weight excluding hydrogens is 448 g/mol. The van der Waals surface area contributed by atoms with E-state index in [9.17, 15) is 9.59 Å². The number of carbonyl (C=O) groups excluding carboxylic acids is 2. The van der Waals surface area contributed by atoms with Gasteiger partial charge in [-0.15, -0.1) is 0 Å². The highest BCUT2D eigenvalue weighted by atomic mass is 16.6. The van der Waals surface area contributed by atoms with Crippen LogP contribution in [0.4, 0.5) is 0 Å². The van der Waals surface area contributed by atoms with Gasteiger partial charge in [-0.05, 0) is 82.7 Å². The number of hydrogen-bond acceptors (Lipinski definition) is 7. The second kappa shape index (κ2) is 11.6. The van der Waals surface area contributed by atoms with Crippen LogP contribution in [0.15, 0.2) is 53.2 Å². The van der Waals surface area contributed by atoms with Gasteiger partial charge in [0.05, 0.1) is 13.7 Å². The summed E-state index contributed by atoms with van der Waals surface area (Å²) in [6.07, 6.45) is 1.62. The van der Waals surface area contributed by atoms with E-state index >= 15 is 0 Å². The summed E-state index contributed by atoms with van der Waals surface area (Å²) in [7, 11) is 1.58. The van der Waals surface area contributed by atoms with Gasteiger partial charge in [-0.25, -0.2) is 9.79 Å². The Morgan fingerprint density at radius 1 is 1.03 bits per heavy atom. The van der Waals surface area contributed by atoms with Crippen LogP contribution in [0.5, 0.6) is 17.2 Å². The van der Waals surface area contributed by atoms with E-state index in [1.165, 1.54) is 0 Å². The summed E-state index contributed by atoms with van der Waals surface area (Å²) in [5.41, 5.74) is 1.53. The summed E-state index contributed by atoms with van der Waals surface area (Å²) in [5.74, 6) is 1.21. The second-order valence-corrected chi connectivity index (χ2v) is 8.48. The minimum absolute atomic E-state index is 0.0704. The number of hydrogen-bond donors (Lipinski definition) is 0. The molecule has 0 saturated heterocycles. The van der Waals surface area contributed by atoms with E-state index in [-0.39, 0.29) is 36.2 Å². The van der Waals surface area contributed by atoms with Crippen molar-refractivity contribution in [3.8, 4) is 17.2 Å². The number of aliphatic imine (C=N–C) groups is 1. The van der Waals surface area contributed by atoms with Crippen molar-refractivity contribution in [2.75, 3.05) is 20.3 Å². The quantitative estimate of drug-likeness (QED) is 0.369. The van der Waals surface area contributed by atoms with Gasteiger partial charge in [0.25, 0.3) is 5.91 Å². The fraction of sp³-hybridized carbons (Fsp3) is 0.370. The third kappa shape index (κ3) is 6.41. The van der Waals surface area contributed by atoms with Gasteiger partial charge in [0, 0.05) is 17.6 Å². The van der Waals surface area contributed by atoms with Crippen LogP contribution in [0.3, 0.4) is 0 Å². The molecule has 0 N–H and O–H groups in total. The third-order valence-electron chi connectivity index (χ3n) is 5.28. The first-order valence-corrected chi connectivity index (χ1v) is 11.6. The Labute approximate surface area is 206 Å². The van der Waals surface area contributed by atoms with Gasteiger partial charge in [0.1, 0.15) is 5.75 Å². The molecule has 0 atom stereocenters. The molecule has 0 aliphatic carbocycles.